The molecule has 0 saturated carbocycles. The first-order valence-electron chi connectivity index (χ1n) is 9.98. The van der Waals surface area contributed by atoms with Crippen molar-refractivity contribution in [1.82, 2.24) is 9.80 Å². The molecule has 2 aliphatic heterocycles. The first kappa shape index (κ1) is 25.3. The molecule has 8 nitrogen and oxygen atoms in total. The predicted molar refractivity (Wildman–Crippen MR) is 108 cm³/mol. The van der Waals surface area contributed by atoms with Crippen LogP contribution in [0.25, 0.3) is 0 Å². The minimum atomic E-state index is -1.26. The molecule has 0 unspecified atom stereocenters. The van der Waals surface area contributed by atoms with E-state index >= 15 is 0 Å². The molecule has 2 heterocycles. The molecule has 0 aromatic heterocycles. The van der Waals surface area contributed by atoms with Crippen molar-refractivity contribution < 1.29 is 37.8 Å². The van der Waals surface area contributed by atoms with Gasteiger partial charge in [0.05, 0.1) is 0 Å². The Morgan fingerprint density at radius 1 is 1.09 bits per heavy atom. The number of carboxylic acids is 2. The average Bonchev–Trinajstić information content (AvgIpc) is 3.23. The molecule has 1 amide bonds. The van der Waals surface area contributed by atoms with Crippen molar-refractivity contribution in [3.8, 4) is 0 Å². The molecule has 0 aliphatic carbocycles. The van der Waals surface area contributed by atoms with Gasteiger partial charge < -0.3 is 25.7 Å². The lowest BCUT2D eigenvalue weighted by atomic mass is 10.0. The number of aliphatic carboxylic acids is 2. The summed E-state index contributed by atoms with van der Waals surface area (Å²) in [4.78, 5) is 35.7. The highest BCUT2D eigenvalue weighted by atomic mass is 19.2. The number of carbonyl (C=O) groups is 3. The van der Waals surface area contributed by atoms with E-state index in [4.69, 9.17) is 15.9 Å². The molecule has 3 rings (SSSR count). The van der Waals surface area contributed by atoms with Crippen LogP contribution >= 0.6 is 0 Å². The fourth-order valence-electron chi connectivity index (χ4n) is 4.04. The molecule has 4 N–H and O–H groups in total. The van der Waals surface area contributed by atoms with Crippen molar-refractivity contribution in [2.45, 2.75) is 31.3 Å². The van der Waals surface area contributed by atoms with Crippen LogP contribution in [0.3, 0.4) is 0 Å². The molecular formula is C21H26F3N3O5. The van der Waals surface area contributed by atoms with Gasteiger partial charge in [0.1, 0.15) is 5.82 Å². The zero-order chi connectivity index (χ0) is 24.0. The SMILES string of the molecule is CN1C[C@@H]2CCN(C(=O)C[C@H](N)Cc3cc(F)c(F)cc3F)[C@@H]2C1.O=C(O)/C=C/C(=O)O. The van der Waals surface area contributed by atoms with Crippen molar-refractivity contribution in [2.24, 2.45) is 11.7 Å². The molecule has 176 valence electrons. The molecule has 0 bridgehead atoms. The Bertz CT molecular complexity index is 880. The Kier molecular flexibility index (Phi) is 8.79. The van der Waals surface area contributed by atoms with Crippen LogP contribution < -0.4 is 5.73 Å². The zero-order valence-electron chi connectivity index (χ0n) is 17.5. The Labute approximate surface area is 183 Å². The van der Waals surface area contributed by atoms with Crippen LogP contribution in [0, 0.1) is 23.4 Å². The van der Waals surface area contributed by atoms with Crippen molar-refractivity contribution in [2.75, 3.05) is 26.7 Å². The van der Waals surface area contributed by atoms with Gasteiger partial charge in [-0.1, -0.05) is 0 Å². The third kappa shape index (κ3) is 7.06. The molecule has 2 aliphatic rings. The van der Waals surface area contributed by atoms with Crippen molar-refractivity contribution in [3.63, 3.8) is 0 Å². The highest BCUT2D eigenvalue weighted by Crippen LogP contribution is 2.31. The normalized spacial score (nSPS) is 21.2. The Hall–Kier alpha value is -2.92. The largest absolute Gasteiger partial charge is 0.478 e. The Balaban J connectivity index is 0.000000390. The van der Waals surface area contributed by atoms with Gasteiger partial charge in [-0.05, 0) is 37.4 Å². The van der Waals surface area contributed by atoms with Crippen LogP contribution in [0.5, 0.6) is 0 Å². The smallest absolute Gasteiger partial charge is 0.328 e. The summed E-state index contributed by atoms with van der Waals surface area (Å²) in [5.74, 6) is -5.22. The van der Waals surface area contributed by atoms with Crippen LogP contribution in [0.2, 0.25) is 0 Å². The quantitative estimate of drug-likeness (QED) is 0.434. The molecular weight excluding hydrogens is 431 g/mol. The number of fused-ring (bicyclic) bond motifs is 1. The van der Waals surface area contributed by atoms with Crippen LogP contribution in [0.15, 0.2) is 24.3 Å². The molecule has 2 fully saturated rings. The maximum absolute atomic E-state index is 13.7. The minimum Gasteiger partial charge on any atom is -0.478 e. The second-order valence-corrected chi connectivity index (χ2v) is 7.96. The monoisotopic (exact) mass is 457 g/mol. The van der Waals surface area contributed by atoms with Gasteiger partial charge in [0.2, 0.25) is 5.91 Å². The molecule has 2 saturated heterocycles. The lowest BCUT2D eigenvalue weighted by molar-refractivity contribution is -0.134. The first-order chi connectivity index (χ1) is 15.0. The molecule has 0 radical (unpaired) electrons. The van der Waals surface area contributed by atoms with Crippen molar-refractivity contribution >= 4 is 17.8 Å². The number of likely N-dealkylation sites (tertiary alicyclic amines) is 2. The standard InChI is InChI=1S/C17H22F3N3O.C4H4O4/c1-22-8-10-2-3-23(16(10)9-22)17(24)6-12(21)4-11-5-14(19)15(20)7-13(11)18;5-3(6)1-2-4(7)8/h5,7,10,12,16H,2-4,6,8-9,21H2,1H3;1-2H,(H,5,6)(H,7,8)/b;2-1+/t10-,12+,16+;/m0./s1. The second-order valence-electron chi connectivity index (χ2n) is 7.96. The van der Waals surface area contributed by atoms with Crippen molar-refractivity contribution in [3.05, 3.63) is 47.3 Å². The number of hydrogen-bond acceptors (Lipinski definition) is 5. The van der Waals surface area contributed by atoms with Gasteiger partial charge in [-0.15, -0.1) is 0 Å². The minimum absolute atomic E-state index is 0.00336. The van der Waals surface area contributed by atoms with Gasteiger partial charge in [0.15, 0.2) is 11.6 Å². The summed E-state index contributed by atoms with van der Waals surface area (Å²) in [7, 11) is 2.04. The third-order valence-electron chi connectivity index (χ3n) is 5.43. The lowest BCUT2D eigenvalue weighted by Crippen LogP contribution is -2.42. The number of halogens is 3. The number of nitrogens with two attached hydrogens (primary N) is 1. The number of amides is 1. The zero-order valence-corrected chi connectivity index (χ0v) is 17.5. The van der Waals surface area contributed by atoms with E-state index < -0.39 is 35.4 Å². The van der Waals surface area contributed by atoms with Crippen LogP contribution in [-0.4, -0.2) is 76.6 Å². The number of nitrogens with zero attached hydrogens (tertiary/aromatic N) is 2. The number of carbonyl (C=O) groups excluding carboxylic acids is 1. The number of hydrogen-bond donors (Lipinski definition) is 3. The van der Waals surface area contributed by atoms with Gasteiger partial charge >= 0.3 is 11.9 Å². The summed E-state index contributed by atoms with van der Waals surface area (Å²) in [6.45, 7) is 2.60. The number of benzene rings is 1. The van der Waals surface area contributed by atoms with E-state index in [1.807, 2.05) is 11.9 Å². The second kappa shape index (κ2) is 11.1. The van der Waals surface area contributed by atoms with Gasteiger partial charge in [-0.2, -0.15) is 0 Å². The Morgan fingerprint density at radius 2 is 1.69 bits per heavy atom. The van der Waals surface area contributed by atoms with E-state index in [-0.39, 0.29) is 30.4 Å². The van der Waals surface area contributed by atoms with E-state index in [1.165, 1.54) is 0 Å². The first-order valence-corrected chi connectivity index (χ1v) is 9.98. The predicted octanol–water partition coefficient (Wildman–Crippen LogP) is 1.24. The average molecular weight is 457 g/mol. The van der Waals surface area contributed by atoms with Gasteiger partial charge in [0.25, 0.3) is 0 Å². The highest BCUT2D eigenvalue weighted by molar-refractivity contribution is 5.89. The molecule has 32 heavy (non-hydrogen) atoms. The van der Waals surface area contributed by atoms with Crippen molar-refractivity contribution in [1.29, 1.82) is 0 Å². The number of likely N-dealkylation sites (N-methyl/N-ethyl adjacent to an activating group) is 1. The maximum Gasteiger partial charge on any atom is 0.328 e. The molecule has 1 aromatic carbocycles. The van der Waals surface area contributed by atoms with Crippen LogP contribution in [-0.2, 0) is 20.8 Å². The highest BCUT2D eigenvalue weighted by Gasteiger charge is 2.42. The Morgan fingerprint density at radius 3 is 2.28 bits per heavy atom. The number of rotatable bonds is 6. The topological polar surface area (TPSA) is 124 Å². The maximum atomic E-state index is 13.7. The summed E-state index contributed by atoms with van der Waals surface area (Å²) in [6, 6.07) is 0.926. The summed E-state index contributed by atoms with van der Waals surface area (Å²) < 4.78 is 39.9. The summed E-state index contributed by atoms with van der Waals surface area (Å²) in [5, 5.41) is 15.6. The van der Waals surface area contributed by atoms with E-state index in [9.17, 15) is 27.6 Å². The van der Waals surface area contributed by atoms with Gasteiger partial charge in [-0.3, -0.25) is 4.79 Å². The summed E-state index contributed by atoms with van der Waals surface area (Å²) in [6.07, 6.45) is 2.18. The van der Waals surface area contributed by atoms with Gasteiger partial charge in [0, 0.05) is 56.4 Å². The van der Waals surface area contributed by atoms with E-state index in [0.29, 0.717) is 24.1 Å². The molecule has 11 heteroatoms. The third-order valence-corrected chi connectivity index (χ3v) is 5.43. The molecule has 3 atom stereocenters. The van der Waals surface area contributed by atoms with E-state index in [0.717, 1.165) is 32.1 Å². The summed E-state index contributed by atoms with van der Waals surface area (Å²) >= 11 is 0. The van der Waals surface area contributed by atoms with Crippen LogP contribution in [0.1, 0.15) is 18.4 Å². The fraction of sp³-hybridized carbons (Fsp3) is 0.476. The van der Waals surface area contributed by atoms with E-state index in [2.05, 4.69) is 4.90 Å². The van der Waals surface area contributed by atoms with E-state index in [1.54, 1.807) is 0 Å². The number of carboxylic acid groups (broad SMARTS) is 2. The summed E-state index contributed by atoms with van der Waals surface area (Å²) in [5.41, 5.74) is 5.95. The fourth-order valence-corrected chi connectivity index (χ4v) is 4.04. The lowest BCUT2D eigenvalue weighted by Gasteiger charge is -2.25. The van der Waals surface area contributed by atoms with Crippen LogP contribution in [0.4, 0.5) is 13.2 Å². The van der Waals surface area contributed by atoms with Gasteiger partial charge in [-0.25, -0.2) is 22.8 Å². The molecule has 0 spiro atoms. The molecule has 1 aromatic rings.